The fraction of sp³-hybridized carbons (Fsp3) is 0.409. The third-order valence-corrected chi connectivity index (χ3v) is 5.07. The van der Waals surface area contributed by atoms with E-state index in [0.717, 1.165) is 55.6 Å². The van der Waals surface area contributed by atoms with E-state index in [4.69, 9.17) is 25.8 Å². The number of carbonyl (C=O) groups is 1. The first-order chi connectivity index (χ1) is 14.1. The minimum Gasteiger partial charge on any atom is -0.497 e. The highest BCUT2D eigenvalue weighted by Crippen LogP contribution is 2.23. The van der Waals surface area contributed by atoms with E-state index in [-0.39, 0.29) is 5.91 Å². The molecule has 3 rings (SSSR count). The van der Waals surface area contributed by atoms with Crippen molar-refractivity contribution in [3.05, 3.63) is 53.1 Å². The Kier molecular flexibility index (Phi) is 8.16. The van der Waals surface area contributed by atoms with Gasteiger partial charge in [0.15, 0.2) is 0 Å². The van der Waals surface area contributed by atoms with Gasteiger partial charge >= 0.3 is 0 Å². The molecule has 0 spiro atoms. The molecule has 1 fully saturated rings. The summed E-state index contributed by atoms with van der Waals surface area (Å²) in [7, 11) is 1.63. The lowest BCUT2D eigenvalue weighted by Gasteiger charge is -2.27. The van der Waals surface area contributed by atoms with Crippen LogP contribution in [0.15, 0.2) is 42.5 Å². The van der Waals surface area contributed by atoms with Gasteiger partial charge in [-0.15, -0.1) is 0 Å². The Morgan fingerprint density at radius 3 is 2.59 bits per heavy atom. The molecule has 0 unspecified atom stereocenters. The second-order valence-electron chi connectivity index (χ2n) is 6.87. The Bertz CT molecular complexity index is 792. The average Bonchev–Trinajstić information content (AvgIpc) is 2.75. The van der Waals surface area contributed by atoms with Crippen molar-refractivity contribution in [3.8, 4) is 11.5 Å². The van der Waals surface area contributed by atoms with Crippen molar-refractivity contribution in [1.29, 1.82) is 0 Å². The van der Waals surface area contributed by atoms with Crippen LogP contribution in [0.4, 0.5) is 5.69 Å². The number of nitrogens with zero attached hydrogens (tertiary/aromatic N) is 1. The van der Waals surface area contributed by atoms with Crippen LogP contribution in [0.25, 0.3) is 0 Å². The van der Waals surface area contributed by atoms with Crippen molar-refractivity contribution >= 4 is 23.2 Å². The Labute approximate surface area is 176 Å². The molecule has 1 aliphatic heterocycles. The zero-order chi connectivity index (χ0) is 20.5. The predicted molar refractivity (Wildman–Crippen MR) is 114 cm³/mol. The van der Waals surface area contributed by atoms with Crippen LogP contribution in [0.2, 0.25) is 5.02 Å². The molecule has 2 aromatic carbocycles. The van der Waals surface area contributed by atoms with Crippen LogP contribution in [0, 0.1) is 0 Å². The number of nitrogens with one attached hydrogen (secondary N) is 1. The number of hydrogen-bond donors (Lipinski definition) is 1. The highest BCUT2D eigenvalue weighted by Gasteiger charge is 2.13. The second-order valence-corrected chi connectivity index (χ2v) is 7.28. The molecule has 6 nitrogen and oxygen atoms in total. The van der Waals surface area contributed by atoms with Crippen molar-refractivity contribution in [1.82, 2.24) is 4.90 Å². The first-order valence-electron chi connectivity index (χ1n) is 9.79. The van der Waals surface area contributed by atoms with Gasteiger partial charge in [-0.2, -0.15) is 0 Å². The van der Waals surface area contributed by atoms with Gasteiger partial charge in [-0.1, -0.05) is 11.6 Å². The SMILES string of the molecule is COc1ccc(OCCCC(=O)Nc2ccc(Cl)c(CN3CCOCC3)c2)cc1. The number of hydrogen-bond acceptors (Lipinski definition) is 5. The summed E-state index contributed by atoms with van der Waals surface area (Å²) in [5, 5.41) is 3.66. The third kappa shape index (κ3) is 6.92. The normalized spacial score (nSPS) is 14.4. The molecular weight excluding hydrogens is 392 g/mol. The number of morpholine rings is 1. The van der Waals surface area contributed by atoms with Gasteiger partial charge in [0.1, 0.15) is 11.5 Å². The van der Waals surface area contributed by atoms with Crippen LogP contribution in [-0.4, -0.2) is 50.8 Å². The standard InChI is InChI=1S/C22H27ClN2O4/c1-27-19-5-7-20(8-6-19)29-12-2-3-22(26)24-18-4-9-21(23)17(15-18)16-25-10-13-28-14-11-25/h4-9,15H,2-3,10-14,16H2,1H3,(H,24,26). The first-order valence-corrected chi connectivity index (χ1v) is 10.2. The molecule has 2 aromatic rings. The van der Waals surface area contributed by atoms with Crippen LogP contribution < -0.4 is 14.8 Å². The van der Waals surface area contributed by atoms with Crippen molar-refractivity contribution in [2.45, 2.75) is 19.4 Å². The van der Waals surface area contributed by atoms with Crippen LogP contribution >= 0.6 is 11.6 Å². The molecule has 29 heavy (non-hydrogen) atoms. The van der Waals surface area contributed by atoms with Gasteiger partial charge in [-0.25, -0.2) is 0 Å². The van der Waals surface area contributed by atoms with E-state index in [1.165, 1.54) is 0 Å². The summed E-state index contributed by atoms with van der Waals surface area (Å²) in [6, 6.07) is 13.0. The smallest absolute Gasteiger partial charge is 0.224 e. The van der Waals surface area contributed by atoms with E-state index in [0.29, 0.717) is 24.5 Å². The number of benzene rings is 2. The minimum absolute atomic E-state index is 0.0389. The number of halogens is 1. The second kappa shape index (κ2) is 11.0. The zero-order valence-electron chi connectivity index (χ0n) is 16.7. The quantitative estimate of drug-likeness (QED) is 0.624. The summed E-state index contributed by atoms with van der Waals surface area (Å²) in [5.74, 6) is 1.51. The van der Waals surface area contributed by atoms with Crippen LogP contribution in [0.1, 0.15) is 18.4 Å². The molecule has 1 heterocycles. The monoisotopic (exact) mass is 418 g/mol. The Morgan fingerprint density at radius 1 is 1.14 bits per heavy atom. The van der Waals surface area contributed by atoms with Gasteiger partial charge in [-0.3, -0.25) is 9.69 Å². The molecule has 1 amide bonds. The molecule has 1 saturated heterocycles. The molecule has 156 valence electrons. The van der Waals surface area contributed by atoms with Gasteiger partial charge in [0.25, 0.3) is 0 Å². The van der Waals surface area contributed by atoms with Crippen molar-refractivity contribution in [2.75, 3.05) is 45.3 Å². The maximum absolute atomic E-state index is 12.3. The molecule has 1 N–H and O–H groups in total. The molecule has 7 heteroatoms. The highest BCUT2D eigenvalue weighted by atomic mass is 35.5. The minimum atomic E-state index is -0.0389. The van der Waals surface area contributed by atoms with E-state index in [2.05, 4.69) is 10.2 Å². The van der Waals surface area contributed by atoms with Crippen LogP contribution in [0.5, 0.6) is 11.5 Å². The fourth-order valence-corrected chi connectivity index (χ4v) is 3.27. The van der Waals surface area contributed by atoms with Gasteiger partial charge in [0, 0.05) is 36.8 Å². The van der Waals surface area contributed by atoms with Crippen LogP contribution in [0.3, 0.4) is 0 Å². The molecule has 1 aliphatic rings. The van der Waals surface area contributed by atoms with E-state index in [1.807, 2.05) is 42.5 Å². The van der Waals surface area contributed by atoms with Crippen molar-refractivity contribution in [2.24, 2.45) is 0 Å². The van der Waals surface area contributed by atoms with E-state index < -0.39 is 0 Å². The number of amides is 1. The first kappa shape index (κ1) is 21.4. The Hall–Kier alpha value is -2.28. The number of anilines is 1. The molecule has 0 aliphatic carbocycles. The lowest BCUT2D eigenvalue weighted by Crippen LogP contribution is -2.35. The third-order valence-electron chi connectivity index (χ3n) is 4.70. The maximum atomic E-state index is 12.3. The highest BCUT2D eigenvalue weighted by molar-refractivity contribution is 6.31. The molecule has 0 bridgehead atoms. The zero-order valence-corrected chi connectivity index (χ0v) is 17.4. The maximum Gasteiger partial charge on any atom is 0.224 e. The Morgan fingerprint density at radius 2 is 1.86 bits per heavy atom. The molecule has 0 saturated carbocycles. The summed E-state index contributed by atoms with van der Waals surface area (Å²) in [6.45, 7) is 4.49. The lowest BCUT2D eigenvalue weighted by atomic mass is 10.1. The average molecular weight is 419 g/mol. The Balaban J connectivity index is 1.42. The van der Waals surface area contributed by atoms with Crippen molar-refractivity contribution < 1.29 is 19.0 Å². The summed E-state index contributed by atoms with van der Waals surface area (Å²) in [5.41, 5.74) is 1.77. The summed E-state index contributed by atoms with van der Waals surface area (Å²) >= 11 is 6.34. The predicted octanol–water partition coefficient (Wildman–Crippen LogP) is 3.98. The van der Waals surface area contributed by atoms with E-state index in [1.54, 1.807) is 7.11 Å². The molecule has 0 aromatic heterocycles. The molecule has 0 atom stereocenters. The molecule has 0 radical (unpaired) electrons. The van der Waals surface area contributed by atoms with E-state index >= 15 is 0 Å². The van der Waals surface area contributed by atoms with Crippen LogP contribution in [-0.2, 0) is 16.1 Å². The van der Waals surface area contributed by atoms with Gasteiger partial charge in [0.05, 0.1) is 26.9 Å². The number of rotatable bonds is 9. The van der Waals surface area contributed by atoms with Crippen molar-refractivity contribution in [3.63, 3.8) is 0 Å². The summed E-state index contributed by atoms with van der Waals surface area (Å²) in [4.78, 5) is 14.5. The van der Waals surface area contributed by atoms with E-state index in [9.17, 15) is 4.79 Å². The largest absolute Gasteiger partial charge is 0.497 e. The molecular formula is C22H27ClN2O4. The fourth-order valence-electron chi connectivity index (χ4n) is 3.09. The van der Waals surface area contributed by atoms with Gasteiger partial charge < -0.3 is 19.5 Å². The number of ether oxygens (including phenoxy) is 3. The number of methoxy groups -OCH3 is 1. The van der Waals surface area contributed by atoms with Gasteiger partial charge in [-0.05, 0) is 54.4 Å². The number of carbonyl (C=O) groups excluding carboxylic acids is 1. The summed E-state index contributed by atoms with van der Waals surface area (Å²) < 4.78 is 16.2. The van der Waals surface area contributed by atoms with Gasteiger partial charge in [0.2, 0.25) is 5.91 Å². The topological polar surface area (TPSA) is 60.0 Å². The summed E-state index contributed by atoms with van der Waals surface area (Å²) in [6.07, 6.45) is 1.02. The lowest BCUT2D eigenvalue weighted by molar-refractivity contribution is -0.116.